The number of carboxylic acids is 1. The molecule has 38 heavy (non-hydrogen) atoms. The smallest absolute Gasteiger partial charge is 0.328 e. The normalized spacial score (nSPS) is 20.1. The van der Waals surface area contributed by atoms with E-state index >= 15 is 4.39 Å². The van der Waals surface area contributed by atoms with Gasteiger partial charge >= 0.3 is 5.97 Å². The Hall–Kier alpha value is -3.93. The molecule has 0 heterocycles. The van der Waals surface area contributed by atoms with Crippen LogP contribution < -0.4 is 9.80 Å². The first kappa shape index (κ1) is 25.7. The van der Waals surface area contributed by atoms with Crippen LogP contribution in [0, 0.1) is 23.6 Å². The monoisotopic (exact) mass is 512 g/mol. The molecule has 1 N–H and O–H groups in total. The predicted molar refractivity (Wildman–Crippen MR) is 149 cm³/mol. The molecule has 0 radical (unpaired) electrons. The summed E-state index contributed by atoms with van der Waals surface area (Å²) in [6.45, 7) is 0.116. The molecule has 3 aromatic rings. The first-order valence-corrected chi connectivity index (χ1v) is 13.2. The molecule has 2 aliphatic rings. The molecule has 3 atom stereocenters. The number of rotatable bonds is 8. The Kier molecular flexibility index (Phi) is 7.32. The molecular formula is C32H33FN2O3. The van der Waals surface area contributed by atoms with Crippen LogP contribution in [0.2, 0.25) is 0 Å². The van der Waals surface area contributed by atoms with Gasteiger partial charge in [-0.25, -0.2) is 9.18 Å². The summed E-state index contributed by atoms with van der Waals surface area (Å²) in [4.78, 5) is 28.6. The minimum absolute atomic E-state index is 0.0271. The number of aliphatic carboxylic acids is 1. The van der Waals surface area contributed by atoms with Crippen molar-refractivity contribution in [1.82, 2.24) is 0 Å². The zero-order valence-electron chi connectivity index (χ0n) is 21.8. The Morgan fingerprint density at radius 1 is 0.947 bits per heavy atom. The lowest BCUT2D eigenvalue weighted by atomic mass is 9.87. The number of carbonyl (C=O) groups is 2. The first-order chi connectivity index (χ1) is 18.3. The van der Waals surface area contributed by atoms with Gasteiger partial charge in [-0.2, -0.15) is 0 Å². The lowest BCUT2D eigenvalue weighted by Gasteiger charge is -2.30. The van der Waals surface area contributed by atoms with E-state index in [4.69, 9.17) is 5.11 Å². The van der Waals surface area contributed by atoms with Crippen molar-refractivity contribution in [3.05, 3.63) is 89.8 Å². The third-order valence-corrected chi connectivity index (χ3v) is 8.02. The van der Waals surface area contributed by atoms with Crippen LogP contribution in [-0.4, -0.2) is 31.1 Å². The van der Waals surface area contributed by atoms with Gasteiger partial charge in [-0.3, -0.25) is 4.79 Å². The first-order valence-electron chi connectivity index (χ1n) is 13.2. The van der Waals surface area contributed by atoms with Gasteiger partial charge in [-0.15, -0.1) is 0 Å². The summed E-state index contributed by atoms with van der Waals surface area (Å²) in [5, 5.41) is 9.02. The molecule has 0 unspecified atom stereocenters. The van der Waals surface area contributed by atoms with E-state index in [1.54, 1.807) is 29.2 Å². The van der Waals surface area contributed by atoms with Gasteiger partial charge in [0.1, 0.15) is 5.82 Å². The highest BCUT2D eigenvalue weighted by atomic mass is 19.1. The molecule has 1 amide bonds. The largest absolute Gasteiger partial charge is 0.478 e. The highest BCUT2D eigenvalue weighted by Crippen LogP contribution is 2.49. The number of nitrogens with zero attached hydrogens (tertiary/aromatic N) is 2. The number of fused-ring (bicyclic) bond motifs is 2. The standard InChI is InChI=1S/C32H33FN2O3/c1-34(2)27-13-11-23(12-14-27)24-9-10-26(30(33)19-24)20-35(32(38)29-18-22-6-8-25(29)16-22)28-5-3-4-21(17-28)7-15-31(36)37/h3-5,7,9-15,17,19,22,25,29H,6,8,16,18,20H2,1-2H3,(H,36,37)/t22-,25+,29-/m1/s1. The summed E-state index contributed by atoms with van der Waals surface area (Å²) in [5.74, 6) is -0.419. The Morgan fingerprint density at radius 3 is 2.34 bits per heavy atom. The fourth-order valence-corrected chi connectivity index (χ4v) is 5.99. The van der Waals surface area contributed by atoms with Crippen molar-refractivity contribution in [2.75, 3.05) is 23.9 Å². The summed E-state index contributed by atoms with van der Waals surface area (Å²) < 4.78 is 15.5. The Bertz CT molecular complexity index is 1370. The molecule has 2 fully saturated rings. The lowest BCUT2D eigenvalue weighted by Crippen LogP contribution is -2.38. The molecule has 196 valence electrons. The minimum atomic E-state index is -1.04. The Balaban J connectivity index is 1.44. The van der Waals surface area contributed by atoms with Crippen molar-refractivity contribution in [3.8, 4) is 11.1 Å². The zero-order chi connectivity index (χ0) is 26.8. The van der Waals surface area contributed by atoms with Crippen LogP contribution in [0.4, 0.5) is 15.8 Å². The number of carbonyl (C=O) groups excluding carboxylic acids is 1. The van der Waals surface area contributed by atoms with E-state index in [1.165, 1.54) is 18.6 Å². The van der Waals surface area contributed by atoms with Gasteiger partial charge in [-0.05, 0) is 84.2 Å². The highest BCUT2D eigenvalue weighted by Gasteiger charge is 2.44. The topological polar surface area (TPSA) is 60.9 Å². The minimum Gasteiger partial charge on any atom is -0.478 e. The fraction of sp³-hybridized carbons (Fsp3) is 0.312. The Morgan fingerprint density at radius 2 is 1.71 bits per heavy atom. The van der Waals surface area contributed by atoms with Gasteiger partial charge in [0, 0.05) is 43.0 Å². The van der Waals surface area contributed by atoms with Crippen LogP contribution in [0.25, 0.3) is 17.2 Å². The molecule has 2 bridgehead atoms. The molecule has 0 saturated heterocycles. The molecule has 0 aliphatic heterocycles. The van der Waals surface area contributed by atoms with E-state index in [9.17, 15) is 9.59 Å². The van der Waals surface area contributed by atoms with Gasteiger partial charge in [0.25, 0.3) is 0 Å². The number of anilines is 2. The maximum atomic E-state index is 15.5. The Labute approximate surface area is 223 Å². The molecule has 2 aliphatic carbocycles. The molecule has 6 heteroatoms. The number of benzene rings is 3. The number of halogens is 1. The predicted octanol–water partition coefficient (Wildman–Crippen LogP) is 6.63. The van der Waals surface area contributed by atoms with E-state index in [2.05, 4.69) is 0 Å². The fourth-order valence-electron chi connectivity index (χ4n) is 5.99. The van der Waals surface area contributed by atoms with Crippen molar-refractivity contribution in [2.45, 2.75) is 32.2 Å². The van der Waals surface area contributed by atoms with E-state index in [1.807, 2.05) is 55.4 Å². The number of hydrogen-bond acceptors (Lipinski definition) is 3. The number of hydrogen-bond donors (Lipinski definition) is 1. The second-order valence-corrected chi connectivity index (χ2v) is 10.7. The molecule has 2 saturated carbocycles. The van der Waals surface area contributed by atoms with E-state index < -0.39 is 5.97 Å². The summed E-state index contributed by atoms with van der Waals surface area (Å²) in [7, 11) is 3.96. The third-order valence-electron chi connectivity index (χ3n) is 8.02. The molecule has 0 aromatic heterocycles. The van der Waals surface area contributed by atoms with Crippen molar-refractivity contribution >= 4 is 29.3 Å². The third kappa shape index (κ3) is 5.49. The van der Waals surface area contributed by atoms with Crippen molar-refractivity contribution in [2.24, 2.45) is 17.8 Å². The van der Waals surface area contributed by atoms with Crippen molar-refractivity contribution in [3.63, 3.8) is 0 Å². The summed E-state index contributed by atoms with van der Waals surface area (Å²) in [6.07, 6.45) is 6.83. The molecule has 3 aromatic carbocycles. The van der Waals surface area contributed by atoms with Gasteiger partial charge < -0.3 is 14.9 Å². The molecule has 0 spiro atoms. The van der Waals surface area contributed by atoms with E-state index in [0.29, 0.717) is 28.7 Å². The van der Waals surface area contributed by atoms with Crippen LogP contribution >= 0.6 is 0 Å². The van der Waals surface area contributed by atoms with Crippen molar-refractivity contribution in [1.29, 1.82) is 0 Å². The van der Waals surface area contributed by atoms with Crippen LogP contribution in [0.5, 0.6) is 0 Å². The summed E-state index contributed by atoms with van der Waals surface area (Å²) >= 11 is 0. The second kappa shape index (κ2) is 10.8. The maximum Gasteiger partial charge on any atom is 0.328 e. The maximum absolute atomic E-state index is 15.5. The van der Waals surface area contributed by atoms with Crippen LogP contribution in [0.3, 0.4) is 0 Å². The second-order valence-electron chi connectivity index (χ2n) is 10.7. The summed E-state index contributed by atoms with van der Waals surface area (Å²) in [6, 6.07) is 20.4. The van der Waals surface area contributed by atoms with Crippen molar-refractivity contribution < 1.29 is 19.1 Å². The zero-order valence-corrected chi connectivity index (χ0v) is 21.8. The van der Waals surface area contributed by atoms with E-state index in [-0.39, 0.29) is 24.2 Å². The van der Waals surface area contributed by atoms with E-state index in [0.717, 1.165) is 42.2 Å². The van der Waals surface area contributed by atoms with Gasteiger partial charge in [0.15, 0.2) is 0 Å². The summed E-state index contributed by atoms with van der Waals surface area (Å²) in [5.41, 5.74) is 4.54. The molecular weight excluding hydrogens is 479 g/mol. The van der Waals surface area contributed by atoms with Crippen LogP contribution in [0.15, 0.2) is 72.8 Å². The van der Waals surface area contributed by atoms with Gasteiger partial charge in [0.2, 0.25) is 5.91 Å². The number of carboxylic acid groups (broad SMARTS) is 1. The average Bonchev–Trinajstić information content (AvgIpc) is 3.55. The molecule has 5 rings (SSSR count). The van der Waals surface area contributed by atoms with Gasteiger partial charge in [0.05, 0.1) is 6.54 Å². The lowest BCUT2D eigenvalue weighted by molar-refractivity contribution is -0.131. The molecule has 5 nitrogen and oxygen atoms in total. The quantitative estimate of drug-likeness (QED) is 0.344. The van der Waals surface area contributed by atoms with Gasteiger partial charge in [-0.1, -0.05) is 42.8 Å². The van der Waals surface area contributed by atoms with Crippen LogP contribution in [-0.2, 0) is 16.1 Å². The average molecular weight is 513 g/mol. The number of amides is 1. The SMILES string of the molecule is CN(C)c1ccc(-c2ccc(CN(C(=O)[C@@H]3C[C@@H]4CC[C@H]3C4)c3cccc(C=CC(=O)O)c3)c(F)c2)cc1. The highest BCUT2D eigenvalue weighted by molar-refractivity contribution is 5.96. The van der Waals surface area contributed by atoms with Crippen LogP contribution in [0.1, 0.15) is 36.8 Å².